The zero-order valence-electron chi connectivity index (χ0n) is 18.0. The minimum Gasteiger partial charge on any atom is -0.516 e. The average molecular weight is 401 g/mol. The Morgan fingerprint density at radius 2 is 1.39 bits per heavy atom. The summed E-state index contributed by atoms with van der Waals surface area (Å²) in [5.41, 5.74) is 0. The zero-order chi connectivity index (χ0) is 21.3. The van der Waals surface area contributed by atoms with E-state index in [1.807, 2.05) is 0 Å². The second-order valence-corrected chi connectivity index (χ2v) is 7.04. The Hall–Kier alpha value is -1.33. The topological polar surface area (TPSA) is 87.0 Å². The van der Waals surface area contributed by atoms with Crippen LogP contribution < -0.4 is 0 Å². The Bertz CT molecular complexity index is 355. The van der Waals surface area contributed by atoms with Gasteiger partial charge in [-0.3, -0.25) is 4.79 Å². The molecule has 0 aliphatic rings. The molecule has 0 aliphatic carbocycles. The van der Waals surface area contributed by atoms with Gasteiger partial charge in [-0.1, -0.05) is 77.0 Å². The molecule has 0 radical (unpaired) electrons. The van der Waals surface area contributed by atoms with Crippen LogP contribution in [0.15, 0.2) is 25.0 Å². The molecular weight excluding hydrogens is 356 g/mol. The van der Waals surface area contributed by atoms with Gasteiger partial charge in [0.2, 0.25) is 0 Å². The molecule has 0 amide bonds. The Balaban J connectivity index is 0. The fourth-order valence-electron chi connectivity index (χ4n) is 2.65. The lowest BCUT2D eigenvalue weighted by molar-refractivity contribution is -0.147. The number of aliphatic hydroxyl groups excluding tert-OH is 3. The number of hydrogen-bond donors (Lipinski definition) is 3. The van der Waals surface area contributed by atoms with E-state index in [-0.39, 0.29) is 19.2 Å². The molecule has 5 heteroatoms. The van der Waals surface area contributed by atoms with E-state index in [1.165, 1.54) is 57.8 Å². The van der Waals surface area contributed by atoms with E-state index in [9.17, 15) is 4.79 Å². The molecule has 0 saturated heterocycles. The summed E-state index contributed by atoms with van der Waals surface area (Å²) in [5, 5.41) is 25.0. The van der Waals surface area contributed by atoms with Gasteiger partial charge in [0, 0.05) is 6.42 Å². The van der Waals surface area contributed by atoms with Crippen LogP contribution in [0.5, 0.6) is 0 Å². The average Bonchev–Trinajstić information content (AvgIpc) is 2.69. The van der Waals surface area contributed by atoms with Gasteiger partial charge in [0.25, 0.3) is 0 Å². The van der Waals surface area contributed by atoms with E-state index >= 15 is 0 Å². The largest absolute Gasteiger partial charge is 0.516 e. The molecule has 3 N–H and O–H groups in total. The number of ether oxygens (including phenoxy) is 1. The van der Waals surface area contributed by atoms with Crippen LogP contribution in [0.4, 0.5) is 0 Å². The molecule has 0 aromatic rings. The van der Waals surface area contributed by atoms with Crippen molar-refractivity contribution in [2.45, 2.75) is 103 Å². The molecule has 0 spiro atoms. The fourth-order valence-corrected chi connectivity index (χ4v) is 2.65. The fraction of sp³-hybridized carbons (Fsp3) is 0.783. The van der Waals surface area contributed by atoms with Gasteiger partial charge in [-0.15, -0.1) is 0 Å². The Labute approximate surface area is 172 Å². The minimum atomic E-state index is -0.960. The maximum absolute atomic E-state index is 11.4. The highest BCUT2D eigenvalue weighted by molar-refractivity contribution is 5.69. The first-order chi connectivity index (χ1) is 13.6. The normalized spacial score (nSPS) is 11.7. The second-order valence-electron chi connectivity index (χ2n) is 7.04. The number of esters is 1. The van der Waals surface area contributed by atoms with Gasteiger partial charge in [0.05, 0.1) is 12.9 Å². The van der Waals surface area contributed by atoms with Gasteiger partial charge < -0.3 is 20.1 Å². The number of aliphatic hydroxyl groups is 3. The summed E-state index contributed by atoms with van der Waals surface area (Å²) in [4.78, 5) is 11.4. The molecule has 1 unspecified atom stereocenters. The van der Waals surface area contributed by atoms with Crippen molar-refractivity contribution in [1.82, 2.24) is 0 Å². The Morgan fingerprint density at radius 1 is 0.929 bits per heavy atom. The van der Waals surface area contributed by atoms with Gasteiger partial charge >= 0.3 is 5.97 Å². The Morgan fingerprint density at radius 3 is 1.89 bits per heavy atom. The van der Waals surface area contributed by atoms with Gasteiger partial charge in [-0.25, -0.2) is 0 Å². The lowest BCUT2D eigenvalue weighted by Gasteiger charge is -2.08. The van der Waals surface area contributed by atoms with Crippen LogP contribution in [0.2, 0.25) is 0 Å². The van der Waals surface area contributed by atoms with Crippen molar-refractivity contribution in [3.8, 4) is 0 Å². The first-order valence-electron chi connectivity index (χ1n) is 11.0. The van der Waals surface area contributed by atoms with Crippen molar-refractivity contribution in [3.05, 3.63) is 25.0 Å². The predicted octanol–water partition coefficient (Wildman–Crippen LogP) is 5.61. The van der Waals surface area contributed by atoms with Crippen LogP contribution in [0, 0.1) is 0 Å². The molecule has 0 bridgehead atoms. The van der Waals surface area contributed by atoms with E-state index in [4.69, 9.17) is 20.1 Å². The van der Waals surface area contributed by atoms with Crippen molar-refractivity contribution < 1.29 is 24.9 Å². The summed E-state index contributed by atoms with van der Waals surface area (Å²) in [5.74, 6) is -0.287. The first-order valence-corrected chi connectivity index (χ1v) is 11.0. The number of hydrogen-bond acceptors (Lipinski definition) is 5. The lowest BCUT2D eigenvalue weighted by atomic mass is 10.1. The number of rotatable bonds is 18. The summed E-state index contributed by atoms with van der Waals surface area (Å²) in [7, 11) is 0. The second kappa shape index (κ2) is 25.7. The number of carbonyl (C=O) groups excluding carboxylic acids is 1. The number of allylic oxidation sites excluding steroid dienone is 2. The summed E-state index contributed by atoms with van der Waals surface area (Å²) in [6.07, 6.45) is 20.8. The van der Waals surface area contributed by atoms with E-state index in [1.54, 1.807) is 0 Å². The molecule has 0 aromatic carbocycles. The molecule has 0 aliphatic heterocycles. The third-order valence-corrected chi connectivity index (χ3v) is 4.29. The monoisotopic (exact) mass is 400 g/mol. The summed E-state index contributed by atoms with van der Waals surface area (Å²) in [6, 6.07) is 0. The van der Waals surface area contributed by atoms with Crippen LogP contribution in [-0.4, -0.2) is 40.6 Å². The molecule has 5 nitrogen and oxygen atoms in total. The lowest BCUT2D eigenvalue weighted by Crippen LogP contribution is -2.21. The van der Waals surface area contributed by atoms with E-state index in [0.717, 1.165) is 31.9 Å². The maximum Gasteiger partial charge on any atom is 0.305 e. The molecule has 166 valence electrons. The van der Waals surface area contributed by atoms with Crippen LogP contribution in [0.1, 0.15) is 96.8 Å². The third kappa shape index (κ3) is 26.9. The highest BCUT2D eigenvalue weighted by Crippen LogP contribution is 2.10. The molecule has 0 rings (SSSR count). The quantitative estimate of drug-likeness (QED) is 0.120. The standard InChI is InChI=1S/C21H40O4.C2H4O/c1-2-3-4-5-6-7-8-9-10-11-12-13-14-15-16-17-21(24)25-19-20(23)18-22;1-2-3/h9-10,20,22-23H,2-8,11-19H2,1H3;2-3H,1H2/b10-9-;. The Kier molecular flexibility index (Phi) is 26.5. The van der Waals surface area contributed by atoms with Gasteiger partial charge in [-0.05, 0) is 32.1 Å². The van der Waals surface area contributed by atoms with E-state index < -0.39 is 6.10 Å². The van der Waals surface area contributed by atoms with E-state index in [2.05, 4.69) is 25.7 Å². The highest BCUT2D eigenvalue weighted by Gasteiger charge is 2.07. The van der Waals surface area contributed by atoms with Crippen LogP contribution >= 0.6 is 0 Å². The minimum absolute atomic E-state index is 0.111. The van der Waals surface area contributed by atoms with Crippen LogP contribution in [0.25, 0.3) is 0 Å². The van der Waals surface area contributed by atoms with Crippen LogP contribution in [-0.2, 0) is 9.53 Å². The molecule has 0 saturated carbocycles. The smallest absolute Gasteiger partial charge is 0.305 e. The van der Waals surface area contributed by atoms with Gasteiger partial charge in [-0.2, -0.15) is 0 Å². The molecule has 0 fully saturated rings. The molecule has 0 heterocycles. The van der Waals surface area contributed by atoms with Crippen molar-refractivity contribution in [2.75, 3.05) is 13.2 Å². The van der Waals surface area contributed by atoms with Crippen molar-refractivity contribution >= 4 is 5.97 Å². The summed E-state index contributed by atoms with van der Waals surface area (Å²) in [6.45, 7) is 4.69. The molecular formula is C23H44O5. The van der Waals surface area contributed by atoms with Crippen molar-refractivity contribution in [2.24, 2.45) is 0 Å². The SMILES string of the molecule is C=CO.CCCCCCCC/C=C\CCCCCCCC(=O)OCC(O)CO. The first kappa shape index (κ1) is 28.9. The number of unbranched alkanes of at least 4 members (excludes halogenated alkanes) is 11. The summed E-state index contributed by atoms with van der Waals surface area (Å²) < 4.78 is 4.86. The molecule has 28 heavy (non-hydrogen) atoms. The summed E-state index contributed by atoms with van der Waals surface area (Å²) >= 11 is 0. The van der Waals surface area contributed by atoms with Crippen LogP contribution in [0.3, 0.4) is 0 Å². The highest BCUT2D eigenvalue weighted by atomic mass is 16.5. The number of carbonyl (C=O) groups is 1. The molecule has 1 atom stereocenters. The van der Waals surface area contributed by atoms with Crippen molar-refractivity contribution in [3.63, 3.8) is 0 Å². The maximum atomic E-state index is 11.4. The van der Waals surface area contributed by atoms with Gasteiger partial charge in [0.15, 0.2) is 0 Å². The van der Waals surface area contributed by atoms with Crippen molar-refractivity contribution in [1.29, 1.82) is 0 Å². The molecule has 0 aromatic heterocycles. The zero-order valence-corrected chi connectivity index (χ0v) is 18.0. The van der Waals surface area contributed by atoms with Gasteiger partial charge in [0.1, 0.15) is 12.7 Å². The third-order valence-electron chi connectivity index (χ3n) is 4.29. The predicted molar refractivity (Wildman–Crippen MR) is 116 cm³/mol. The van der Waals surface area contributed by atoms with E-state index in [0.29, 0.717) is 6.42 Å².